The van der Waals surface area contributed by atoms with Crippen molar-refractivity contribution in [3.05, 3.63) is 0 Å². The van der Waals surface area contributed by atoms with Gasteiger partial charge in [0.25, 0.3) is 0 Å². The van der Waals surface area contributed by atoms with Crippen LogP contribution in [0, 0.1) is 0 Å². The van der Waals surface area contributed by atoms with Gasteiger partial charge < -0.3 is 19.9 Å². The molecule has 0 aromatic heterocycles. The Morgan fingerprint density at radius 1 is 1.60 bits per heavy atom. The van der Waals surface area contributed by atoms with Gasteiger partial charge in [0.15, 0.2) is 0 Å². The molecule has 5 heteroatoms. The van der Waals surface area contributed by atoms with E-state index in [1.54, 1.807) is 11.8 Å². The van der Waals surface area contributed by atoms with Crippen molar-refractivity contribution in [3.63, 3.8) is 0 Å². The predicted octanol–water partition coefficient (Wildman–Crippen LogP) is 0.453. The fourth-order valence-corrected chi connectivity index (χ4v) is 2.25. The third-order valence-electron chi connectivity index (χ3n) is 2.30. The molecule has 0 spiro atoms. The molecule has 0 aromatic carbocycles. The zero-order valence-corrected chi connectivity index (χ0v) is 10.3. The van der Waals surface area contributed by atoms with Gasteiger partial charge >= 0.3 is 0 Å². The van der Waals surface area contributed by atoms with Crippen molar-refractivity contribution in [2.45, 2.75) is 25.0 Å². The molecule has 1 rings (SSSR count). The van der Waals surface area contributed by atoms with Crippen LogP contribution in [0.15, 0.2) is 0 Å². The van der Waals surface area contributed by atoms with Crippen LogP contribution in [0.5, 0.6) is 0 Å². The molecular formula is C10H21NO3S. The summed E-state index contributed by atoms with van der Waals surface area (Å²) in [6, 6.07) is 0. The van der Waals surface area contributed by atoms with Crippen molar-refractivity contribution >= 4 is 11.8 Å². The second kappa shape index (κ2) is 6.70. The SMILES string of the molecule is CSCC(C)(O)CNCC1CCOCO1. The molecule has 0 amide bonds. The third kappa shape index (κ3) is 5.73. The summed E-state index contributed by atoms with van der Waals surface area (Å²) in [6.07, 6.45) is 3.15. The largest absolute Gasteiger partial charge is 0.388 e. The molecule has 1 aliphatic rings. The Bertz CT molecular complexity index is 172. The van der Waals surface area contributed by atoms with Gasteiger partial charge in [0.1, 0.15) is 6.79 Å². The molecule has 0 saturated carbocycles. The fourth-order valence-electron chi connectivity index (χ4n) is 1.53. The van der Waals surface area contributed by atoms with E-state index >= 15 is 0 Å². The lowest BCUT2D eigenvalue weighted by atomic mass is 10.1. The molecule has 1 fully saturated rings. The maximum absolute atomic E-state index is 9.90. The quantitative estimate of drug-likeness (QED) is 0.700. The molecule has 0 radical (unpaired) electrons. The van der Waals surface area contributed by atoms with E-state index in [1.165, 1.54) is 0 Å². The van der Waals surface area contributed by atoms with Crippen LogP contribution in [-0.4, -0.2) is 55.3 Å². The van der Waals surface area contributed by atoms with E-state index in [0.29, 0.717) is 13.3 Å². The molecule has 1 heterocycles. The maximum atomic E-state index is 9.90. The van der Waals surface area contributed by atoms with Crippen molar-refractivity contribution in [2.24, 2.45) is 0 Å². The average molecular weight is 235 g/mol. The monoisotopic (exact) mass is 235 g/mol. The van der Waals surface area contributed by atoms with E-state index in [2.05, 4.69) is 5.32 Å². The van der Waals surface area contributed by atoms with Gasteiger partial charge in [-0.25, -0.2) is 0 Å². The van der Waals surface area contributed by atoms with Crippen LogP contribution >= 0.6 is 11.8 Å². The molecule has 1 aliphatic heterocycles. The normalized spacial score (nSPS) is 26.2. The number of hydrogen-bond acceptors (Lipinski definition) is 5. The number of hydrogen-bond donors (Lipinski definition) is 2. The van der Waals surface area contributed by atoms with E-state index in [9.17, 15) is 5.11 Å². The van der Waals surface area contributed by atoms with Crippen LogP contribution in [-0.2, 0) is 9.47 Å². The van der Waals surface area contributed by atoms with Gasteiger partial charge in [-0.1, -0.05) is 0 Å². The van der Waals surface area contributed by atoms with Crippen LogP contribution in [0.1, 0.15) is 13.3 Å². The molecule has 0 bridgehead atoms. The smallest absolute Gasteiger partial charge is 0.147 e. The predicted molar refractivity (Wildman–Crippen MR) is 62.2 cm³/mol. The summed E-state index contributed by atoms with van der Waals surface area (Å²) in [4.78, 5) is 0. The molecule has 2 N–H and O–H groups in total. The zero-order chi connectivity index (χ0) is 11.1. The Kier molecular flexibility index (Phi) is 5.92. The zero-order valence-electron chi connectivity index (χ0n) is 9.49. The highest BCUT2D eigenvalue weighted by Crippen LogP contribution is 2.10. The first-order valence-electron chi connectivity index (χ1n) is 5.25. The first-order valence-corrected chi connectivity index (χ1v) is 6.65. The lowest BCUT2D eigenvalue weighted by Crippen LogP contribution is -2.43. The van der Waals surface area contributed by atoms with Gasteiger partial charge in [-0.05, 0) is 19.6 Å². The summed E-state index contributed by atoms with van der Waals surface area (Å²) in [6.45, 7) is 4.41. The van der Waals surface area contributed by atoms with Gasteiger partial charge in [0, 0.05) is 18.8 Å². The summed E-state index contributed by atoms with van der Waals surface area (Å²) in [5.74, 6) is 0.745. The van der Waals surface area contributed by atoms with Crippen molar-refractivity contribution in [1.29, 1.82) is 0 Å². The van der Waals surface area contributed by atoms with E-state index in [0.717, 1.165) is 25.3 Å². The Hall–Kier alpha value is 0.190. The number of ether oxygens (including phenoxy) is 2. The number of rotatable bonds is 6. The van der Waals surface area contributed by atoms with Gasteiger partial charge in [0.05, 0.1) is 18.3 Å². The van der Waals surface area contributed by atoms with Crippen LogP contribution in [0.2, 0.25) is 0 Å². The van der Waals surface area contributed by atoms with Gasteiger partial charge in [0.2, 0.25) is 0 Å². The molecule has 0 aromatic rings. The summed E-state index contributed by atoms with van der Waals surface area (Å²) in [5, 5.41) is 13.1. The maximum Gasteiger partial charge on any atom is 0.147 e. The van der Waals surface area contributed by atoms with E-state index < -0.39 is 5.60 Å². The second-order valence-corrected chi connectivity index (χ2v) is 5.03. The second-order valence-electron chi connectivity index (χ2n) is 4.16. The first kappa shape index (κ1) is 13.3. The Labute approximate surface area is 95.7 Å². The molecular weight excluding hydrogens is 214 g/mol. The van der Waals surface area contributed by atoms with Crippen LogP contribution in [0.4, 0.5) is 0 Å². The Morgan fingerprint density at radius 2 is 2.40 bits per heavy atom. The number of thioether (sulfide) groups is 1. The van der Waals surface area contributed by atoms with Gasteiger partial charge in [-0.15, -0.1) is 0 Å². The topological polar surface area (TPSA) is 50.7 Å². The summed E-state index contributed by atoms with van der Waals surface area (Å²) >= 11 is 1.65. The lowest BCUT2D eigenvalue weighted by Gasteiger charge is -2.26. The van der Waals surface area contributed by atoms with Crippen molar-refractivity contribution < 1.29 is 14.6 Å². The minimum Gasteiger partial charge on any atom is -0.388 e. The third-order valence-corrected chi connectivity index (χ3v) is 3.21. The summed E-state index contributed by atoms with van der Waals surface area (Å²) < 4.78 is 10.5. The van der Waals surface area contributed by atoms with Gasteiger partial charge in [-0.2, -0.15) is 11.8 Å². The molecule has 15 heavy (non-hydrogen) atoms. The van der Waals surface area contributed by atoms with E-state index in [4.69, 9.17) is 9.47 Å². The number of nitrogens with one attached hydrogen (secondary N) is 1. The molecule has 1 saturated heterocycles. The molecule has 90 valence electrons. The first-order chi connectivity index (χ1) is 7.14. The number of aliphatic hydroxyl groups is 1. The molecule has 4 nitrogen and oxygen atoms in total. The Balaban J connectivity index is 2.09. The van der Waals surface area contributed by atoms with E-state index in [1.807, 2.05) is 13.2 Å². The van der Waals surface area contributed by atoms with Crippen LogP contribution in [0.3, 0.4) is 0 Å². The minimum absolute atomic E-state index is 0.226. The highest BCUT2D eigenvalue weighted by atomic mass is 32.2. The highest BCUT2D eigenvalue weighted by Gasteiger charge is 2.20. The summed E-state index contributed by atoms with van der Waals surface area (Å²) in [7, 11) is 0. The standard InChI is InChI=1S/C10H21NO3S/c1-10(12,7-15-2)6-11-5-9-3-4-13-8-14-9/h9,11-12H,3-8H2,1-2H3. The van der Waals surface area contributed by atoms with Crippen molar-refractivity contribution in [1.82, 2.24) is 5.32 Å². The molecule has 2 atom stereocenters. The minimum atomic E-state index is -0.634. The highest BCUT2D eigenvalue weighted by molar-refractivity contribution is 7.98. The van der Waals surface area contributed by atoms with Crippen LogP contribution in [0.25, 0.3) is 0 Å². The molecule has 2 unspecified atom stereocenters. The van der Waals surface area contributed by atoms with E-state index in [-0.39, 0.29) is 6.10 Å². The van der Waals surface area contributed by atoms with Crippen molar-refractivity contribution in [3.8, 4) is 0 Å². The van der Waals surface area contributed by atoms with Gasteiger partial charge in [-0.3, -0.25) is 0 Å². The summed E-state index contributed by atoms with van der Waals surface area (Å²) in [5.41, 5.74) is -0.634. The lowest BCUT2D eigenvalue weighted by molar-refractivity contribution is -0.137. The van der Waals surface area contributed by atoms with Crippen LogP contribution < -0.4 is 5.32 Å². The Morgan fingerprint density at radius 3 is 3.00 bits per heavy atom. The molecule has 0 aliphatic carbocycles. The fraction of sp³-hybridized carbons (Fsp3) is 1.00. The van der Waals surface area contributed by atoms with Crippen molar-refractivity contribution in [2.75, 3.05) is 38.5 Å². The average Bonchev–Trinajstić information content (AvgIpc) is 2.19.